The van der Waals surface area contributed by atoms with E-state index >= 15 is 0 Å². The van der Waals surface area contributed by atoms with E-state index in [1.807, 2.05) is 0 Å². The fraction of sp³-hybridized carbons (Fsp3) is 0.851. The number of carbonyl (C=O) groups is 3. The molecule has 0 radical (unpaired) electrons. The summed E-state index contributed by atoms with van der Waals surface area (Å²) in [6.45, 7) is 4.91. The molecule has 0 aromatic heterocycles. The van der Waals surface area contributed by atoms with Gasteiger partial charge in [-0.05, 0) is 89.7 Å². The lowest BCUT2D eigenvalue weighted by Gasteiger charge is -2.15. The van der Waals surface area contributed by atoms with Crippen LogP contribution >= 0.6 is 0 Å². The average molecular weight is 761 g/mol. The number of nitrogens with two attached hydrogens (primary N) is 1. The molecule has 0 aromatic carbocycles. The molecule has 1 amide bonds. The lowest BCUT2D eigenvalue weighted by molar-refractivity contribution is -0.147. The number of carboxylic acids is 1. The van der Waals surface area contributed by atoms with Crippen molar-refractivity contribution in [3.8, 4) is 0 Å². The first kappa shape index (κ1) is 51.9. The molecule has 2 unspecified atom stereocenters. The van der Waals surface area contributed by atoms with Crippen molar-refractivity contribution >= 4 is 17.8 Å². The first-order chi connectivity index (χ1) is 26.4. The summed E-state index contributed by atoms with van der Waals surface area (Å²) in [5.74, 6) is -1.32. The van der Waals surface area contributed by atoms with Crippen molar-refractivity contribution in [3.05, 3.63) is 24.3 Å². The molecule has 0 aliphatic rings. The van der Waals surface area contributed by atoms with Crippen LogP contribution in [-0.2, 0) is 19.1 Å². The van der Waals surface area contributed by atoms with E-state index in [0.717, 1.165) is 44.9 Å². The van der Waals surface area contributed by atoms with Crippen LogP contribution in [0.15, 0.2) is 24.3 Å². The van der Waals surface area contributed by atoms with E-state index in [4.69, 9.17) is 10.5 Å². The summed E-state index contributed by atoms with van der Waals surface area (Å²) >= 11 is 0. The van der Waals surface area contributed by atoms with Crippen LogP contribution < -0.4 is 11.1 Å². The highest BCUT2D eigenvalue weighted by Crippen LogP contribution is 2.16. The fourth-order valence-corrected chi connectivity index (χ4v) is 6.94. The molecule has 54 heavy (non-hydrogen) atoms. The number of rotatable bonds is 42. The van der Waals surface area contributed by atoms with Crippen LogP contribution in [-0.4, -0.2) is 41.6 Å². The normalized spacial score (nSPS) is 12.8. The molecule has 0 aromatic rings. The van der Waals surface area contributed by atoms with Gasteiger partial charge in [-0.15, -0.1) is 0 Å². The third kappa shape index (κ3) is 38.1. The standard InChI is InChI=1S/C47H88N2O5/c1-3-5-7-9-11-12-13-14-15-16-17-18-19-20-21-22-23-24-25-26-27-29-35-41-46(51)54-43(37-32-28-10-8-6-4-2)38-33-30-31-34-40-45(50)49-44(47(52)53)39-36-42-48/h16-17,32,37,43-44H,3-15,18-31,33-36,38-42,48H2,1-2H3,(H,49,50)(H,52,53)/b17-16-,37-32-. The molecule has 0 fully saturated rings. The second-order valence-corrected chi connectivity index (χ2v) is 15.8. The van der Waals surface area contributed by atoms with Crippen LogP contribution in [0, 0.1) is 0 Å². The second-order valence-electron chi connectivity index (χ2n) is 15.8. The maximum absolute atomic E-state index is 12.7. The molecule has 0 saturated carbocycles. The zero-order chi connectivity index (χ0) is 39.6. The van der Waals surface area contributed by atoms with Crippen molar-refractivity contribution in [2.75, 3.05) is 6.54 Å². The third-order valence-corrected chi connectivity index (χ3v) is 10.5. The minimum absolute atomic E-state index is 0.0890. The molecular formula is C47H88N2O5. The molecule has 316 valence electrons. The van der Waals surface area contributed by atoms with E-state index in [-0.39, 0.29) is 18.0 Å². The summed E-state index contributed by atoms with van der Waals surface area (Å²) in [5.41, 5.74) is 5.48. The van der Waals surface area contributed by atoms with Crippen LogP contribution in [0.1, 0.15) is 239 Å². The van der Waals surface area contributed by atoms with Crippen molar-refractivity contribution in [3.63, 3.8) is 0 Å². The third-order valence-electron chi connectivity index (χ3n) is 10.5. The molecule has 7 heteroatoms. The second kappa shape index (κ2) is 42.0. The predicted molar refractivity (Wildman–Crippen MR) is 230 cm³/mol. The predicted octanol–water partition coefficient (Wildman–Crippen LogP) is 13.2. The van der Waals surface area contributed by atoms with Gasteiger partial charge in [0.2, 0.25) is 5.91 Å². The van der Waals surface area contributed by atoms with E-state index < -0.39 is 12.0 Å². The average Bonchev–Trinajstić information content (AvgIpc) is 3.16. The van der Waals surface area contributed by atoms with E-state index in [2.05, 4.69) is 43.5 Å². The number of aliphatic carboxylic acids is 1. The van der Waals surface area contributed by atoms with Crippen LogP contribution in [0.25, 0.3) is 0 Å². The van der Waals surface area contributed by atoms with Crippen LogP contribution in [0.2, 0.25) is 0 Å². The molecule has 0 aliphatic heterocycles. The first-order valence-corrected chi connectivity index (χ1v) is 23.2. The Morgan fingerprint density at radius 1 is 0.537 bits per heavy atom. The molecule has 7 nitrogen and oxygen atoms in total. The quantitative estimate of drug-likeness (QED) is 0.0324. The van der Waals surface area contributed by atoms with Gasteiger partial charge < -0.3 is 20.9 Å². The molecular weight excluding hydrogens is 673 g/mol. The molecule has 0 heterocycles. The number of amides is 1. The van der Waals surface area contributed by atoms with Gasteiger partial charge in [0.15, 0.2) is 0 Å². The highest BCUT2D eigenvalue weighted by atomic mass is 16.5. The van der Waals surface area contributed by atoms with Gasteiger partial charge in [-0.2, -0.15) is 0 Å². The Balaban J connectivity index is 3.98. The Morgan fingerprint density at radius 2 is 0.963 bits per heavy atom. The number of carboxylic acid groups (broad SMARTS) is 1. The van der Waals surface area contributed by atoms with Gasteiger partial charge in [-0.25, -0.2) is 4.79 Å². The Kier molecular flexibility index (Phi) is 40.3. The van der Waals surface area contributed by atoms with Crippen LogP contribution in [0.3, 0.4) is 0 Å². The summed E-state index contributed by atoms with van der Waals surface area (Å²) in [4.78, 5) is 36.3. The Morgan fingerprint density at radius 3 is 1.46 bits per heavy atom. The van der Waals surface area contributed by atoms with Crippen molar-refractivity contribution in [1.29, 1.82) is 0 Å². The summed E-state index contributed by atoms with van der Waals surface area (Å²) in [6.07, 6.45) is 48.4. The number of hydrogen-bond donors (Lipinski definition) is 3. The lowest BCUT2D eigenvalue weighted by atomic mass is 10.0. The zero-order valence-electron chi connectivity index (χ0n) is 35.6. The molecule has 0 saturated heterocycles. The number of nitrogens with one attached hydrogen (secondary N) is 1. The van der Waals surface area contributed by atoms with Gasteiger partial charge in [-0.3, -0.25) is 9.59 Å². The number of allylic oxidation sites excluding steroid dienone is 3. The number of ether oxygens (including phenoxy) is 1. The summed E-state index contributed by atoms with van der Waals surface area (Å²) in [6, 6.07) is -0.868. The minimum atomic E-state index is -1.01. The van der Waals surface area contributed by atoms with Gasteiger partial charge in [0, 0.05) is 12.8 Å². The fourth-order valence-electron chi connectivity index (χ4n) is 6.94. The smallest absolute Gasteiger partial charge is 0.326 e. The number of carbonyl (C=O) groups excluding carboxylic acids is 2. The van der Waals surface area contributed by atoms with Gasteiger partial charge >= 0.3 is 11.9 Å². The molecule has 0 bridgehead atoms. The first-order valence-electron chi connectivity index (χ1n) is 23.2. The minimum Gasteiger partial charge on any atom is -0.480 e. The van der Waals surface area contributed by atoms with Crippen LogP contribution in [0.4, 0.5) is 0 Å². The largest absolute Gasteiger partial charge is 0.480 e. The molecule has 0 spiro atoms. The van der Waals surface area contributed by atoms with Gasteiger partial charge in [-0.1, -0.05) is 167 Å². The Labute approximate surface area is 333 Å². The van der Waals surface area contributed by atoms with E-state index in [1.165, 1.54) is 148 Å². The summed E-state index contributed by atoms with van der Waals surface area (Å²) < 4.78 is 5.91. The number of esters is 1. The zero-order valence-corrected chi connectivity index (χ0v) is 35.6. The van der Waals surface area contributed by atoms with E-state index in [1.54, 1.807) is 0 Å². The van der Waals surface area contributed by atoms with Crippen molar-refractivity contribution in [2.45, 2.75) is 251 Å². The van der Waals surface area contributed by atoms with E-state index in [9.17, 15) is 19.5 Å². The Bertz CT molecular complexity index is 905. The molecule has 4 N–H and O–H groups in total. The SMILES string of the molecule is CCCCCC/C=C\C(CCCCCCC(=O)NC(CCCN)C(=O)O)OC(=O)CCCCCCCCCCCCC/C=C\CCCCCCCCCC. The maximum Gasteiger partial charge on any atom is 0.326 e. The topological polar surface area (TPSA) is 119 Å². The highest BCUT2D eigenvalue weighted by molar-refractivity contribution is 5.83. The molecule has 2 atom stereocenters. The molecule has 0 rings (SSSR count). The maximum atomic E-state index is 12.7. The number of hydrogen-bond acceptors (Lipinski definition) is 5. The van der Waals surface area contributed by atoms with Gasteiger partial charge in [0.25, 0.3) is 0 Å². The van der Waals surface area contributed by atoms with Gasteiger partial charge in [0.05, 0.1) is 0 Å². The Hall–Kier alpha value is -2.15. The van der Waals surface area contributed by atoms with Crippen molar-refractivity contribution in [2.24, 2.45) is 5.73 Å². The van der Waals surface area contributed by atoms with E-state index in [0.29, 0.717) is 38.6 Å². The van der Waals surface area contributed by atoms with Crippen LogP contribution in [0.5, 0.6) is 0 Å². The number of unbranched alkanes of at least 4 members (excludes halogenated alkanes) is 26. The summed E-state index contributed by atoms with van der Waals surface area (Å²) in [7, 11) is 0. The van der Waals surface area contributed by atoms with Crippen molar-refractivity contribution < 1.29 is 24.2 Å². The van der Waals surface area contributed by atoms with Gasteiger partial charge in [0.1, 0.15) is 12.1 Å². The lowest BCUT2D eigenvalue weighted by Crippen LogP contribution is -2.40. The van der Waals surface area contributed by atoms with Crippen molar-refractivity contribution in [1.82, 2.24) is 5.32 Å². The highest BCUT2D eigenvalue weighted by Gasteiger charge is 2.19. The summed E-state index contributed by atoms with van der Waals surface area (Å²) in [5, 5.41) is 11.9. The molecule has 0 aliphatic carbocycles. The monoisotopic (exact) mass is 761 g/mol.